The minimum Gasteiger partial charge on any atom is -0.480 e. The number of carboxylic acid groups (broad SMARTS) is 1. The van der Waals surface area contributed by atoms with E-state index < -0.39 is 18.4 Å². The fourth-order valence-electron chi connectivity index (χ4n) is 3.38. The summed E-state index contributed by atoms with van der Waals surface area (Å²) < 4.78 is 25.1. The lowest BCUT2D eigenvalue weighted by atomic mass is 10.1. The zero-order valence-corrected chi connectivity index (χ0v) is 14.8. The lowest BCUT2D eigenvalue weighted by molar-refractivity contribution is -0.138. The molecule has 1 fully saturated rings. The predicted molar refractivity (Wildman–Crippen MR) is 96.0 cm³/mol. The number of amides is 1. The van der Waals surface area contributed by atoms with Crippen LogP contribution in [0.25, 0.3) is 0 Å². The van der Waals surface area contributed by atoms with E-state index in [2.05, 4.69) is 5.10 Å². The molecule has 146 valence electrons. The highest BCUT2D eigenvalue weighted by molar-refractivity contribution is 6.40. The second kappa shape index (κ2) is 8.43. The van der Waals surface area contributed by atoms with Crippen LogP contribution in [-0.4, -0.2) is 77.7 Å². The van der Waals surface area contributed by atoms with Gasteiger partial charge >= 0.3 is 5.97 Å². The van der Waals surface area contributed by atoms with Crippen molar-refractivity contribution >= 4 is 23.3 Å². The largest absolute Gasteiger partial charge is 0.480 e. The number of hydrogen-bond donors (Lipinski definition) is 1. The molecule has 0 aromatic heterocycles. The van der Waals surface area contributed by atoms with Gasteiger partial charge in [0.05, 0.1) is 12.2 Å². The Bertz CT molecular complexity index is 714. The molecule has 1 atom stereocenters. The summed E-state index contributed by atoms with van der Waals surface area (Å²) in [5.41, 5.74) is 0.792. The van der Waals surface area contributed by atoms with Gasteiger partial charge in [0.1, 0.15) is 5.71 Å². The van der Waals surface area contributed by atoms with Gasteiger partial charge in [-0.1, -0.05) is 18.2 Å². The smallest absolute Gasteiger partial charge is 0.328 e. The molecule has 1 aromatic carbocycles. The molecule has 2 heterocycles. The molecular weight excluding hydrogens is 358 g/mol. The van der Waals surface area contributed by atoms with E-state index in [1.54, 1.807) is 34.1 Å². The van der Waals surface area contributed by atoms with Gasteiger partial charge in [0.25, 0.3) is 12.3 Å². The molecule has 0 saturated carbocycles. The Balaban J connectivity index is 1.71. The molecule has 27 heavy (non-hydrogen) atoms. The first-order valence-electron chi connectivity index (χ1n) is 8.90. The average Bonchev–Trinajstić information content (AvgIpc) is 2.97. The average molecular weight is 380 g/mol. The van der Waals surface area contributed by atoms with Crippen LogP contribution in [0.2, 0.25) is 0 Å². The zero-order valence-electron chi connectivity index (χ0n) is 14.8. The molecule has 1 aromatic rings. The zero-order chi connectivity index (χ0) is 19.4. The number of nitrogens with zero attached hydrogens (tertiary/aromatic N) is 4. The van der Waals surface area contributed by atoms with E-state index in [1.807, 2.05) is 6.07 Å². The first kappa shape index (κ1) is 19.2. The number of hydrazone groups is 1. The van der Waals surface area contributed by atoms with Crippen LogP contribution in [-0.2, 0) is 9.59 Å². The summed E-state index contributed by atoms with van der Waals surface area (Å²) in [6.45, 7) is 1.35. The Hall–Kier alpha value is -2.55. The predicted octanol–water partition coefficient (Wildman–Crippen LogP) is 1.51. The Morgan fingerprint density at radius 3 is 2.56 bits per heavy atom. The fourth-order valence-corrected chi connectivity index (χ4v) is 3.38. The number of aliphatic carboxylic acids is 1. The van der Waals surface area contributed by atoms with Crippen molar-refractivity contribution in [1.29, 1.82) is 0 Å². The van der Waals surface area contributed by atoms with Crippen molar-refractivity contribution < 1.29 is 23.5 Å². The molecule has 0 aliphatic carbocycles. The molecular formula is C18H22F2N4O3. The first-order chi connectivity index (χ1) is 13.0. The van der Waals surface area contributed by atoms with Crippen molar-refractivity contribution in [2.75, 3.05) is 37.7 Å². The third-order valence-electron chi connectivity index (χ3n) is 4.73. The molecule has 1 amide bonds. The van der Waals surface area contributed by atoms with Crippen molar-refractivity contribution in [3.8, 4) is 0 Å². The van der Waals surface area contributed by atoms with Crippen LogP contribution in [0.4, 0.5) is 14.5 Å². The maximum Gasteiger partial charge on any atom is 0.328 e. The first-order valence-corrected chi connectivity index (χ1v) is 8.90. The number of hydrogen-bond acceptors (Lipinski definition) is 5. The second-order valence-corrected chi connectivity index (χ2v) is 6.62. The number of rotatable bonds is 5. The van der Waals surface area contributed by atoms with Crippen LogP contribution >= 0.6 is 0 Å². The van der Waals surface area contributed by atoms with E-state index in [9.17, 15) is 23.5 Å². The molecule has 0 radical (unpaired) electrons. The minimum atomic E-state index is -2.40. The summed E-state index contributed by atoms with van der Waals surface area (Å²) in [6, 6.07) is 7.90. The molecule has 0 bridgehead atoms. The van der Waals surface area contributed by atoms with E-state index in [1.165, 1.54) is 5.01 Å². The van der Waals surface area contributed by atoms with Crippen molar-refractivity contribution in [1.82, 2.24) is 9.80 Å². The highest BCUT2D eigenvalue weighted by Gasteiger charge is 2.37. The second-order valence-electron chi connectivity index (χ2n) is 6.62. The maximum atomic E-state index is 12.8. The van der Waals surface area contributed by atoms with E-state index in [0.717, 1.165) is 0 Å². The number of alkyl halides is 2. The lowest BCUT2D eigenvalue weighted by Gasteiger charge is -2.21. The Labute approximate surface area is 155 Å². The van der Waals surface area contributed by atoms with Gasteiger partial charge in [-0.05, 0) is 18.6 Å². The number of halogens is 2. The van der Waals surface area contributed by atoms with Crippen LogP contribution < -0.4 is 5.01 Å². The van der Waals surface area contributed by atoms with E-state index >= 15 is 0 Å². The summed E-state index contributed by atoms with van der Waals surface area (Å²) in [5, 5.41) is 15.1. The molecule has 2 aliphatic rings. The Morgan fingerprint density at radius 2 is 1.89 bits per heavy atom. The molecule has 1 saturated heterocycles. The van der Waals surface area contributed by atoms with Gasteiger partial charge in [-0.3, -0.25) is 14.7 Å². The quantitative estimate of drug-likeness (QED) is 0.838. The van der Waals surface area contributed by atoms with Gasteiger partial charge in [-0.25, -0.2) is 13.6 Å². The van der Waals surface area contributed by atoms with Gasteiger partial charge in [-0.15, -0.1) is 0 Å². The SMILES string of the molecule is O=C(O)C1CC(C(=O)N2CCCN(CC(F)F)CC2)=NN1c1ccccc1. The van der Waals surface area contributed by atoms with Crippen molar-refractivity contribution in [3.63, 3.8) is 0 Å². The highest BCUT2D eigenvalue weighted by atomic mass is 19.3. The molecule has 2 aliphatic heterocycles. The number of carbonyl (C=O) groups is 2. The third-order valence-corrected chi connectivity index (χ3v) is 4.73. The Morgan fingerprint density at radius 1 is 1.15 bits per heavy atom. The van der Waals surface area contributed by atoms with E-state index in [4.69, 9.17) is 0 Å². The normalized spacial score (nSPS) is 21.3. The topological polar surface area (TPSA) is 76.5 Å². The van der Waals surface area contributed by atoms with Crippen molar-refractivity contribution in [2.45, 2.75) is 25.3 Å². The van der Waals surface area contributed by atoms with Gasteiger partial charge in [-0.2, -0.15) is 5.10 Å². The van der Waals surface area contributed by atoms with E-state index in [0.29, 0.717) is 38.3 Å². The fraction of sp³-hybridized carbons (Fsp3) is 0.500. The van der Waals surface area contributed by atoms with Crippen LogP contribution in [0.1, 0.15) is 12.8 Å². The standard InChI is InChI=1S/C18H22F2N4O3/c19-16(20)12-22-7-4-8-23(10-9-22)17(25)14-11-15(18(26)27)24(21-14)13-5-2-1-3-6-13/h1-3,5-6,15-16H,4,7-12H2,(H,26,27). The molecule has 1 unspecified atom stereocenters. The highest BCUT2D eigenvalue weighted by Crippen LogP contribution is 2.25. The monoisotopic (exact) mass is 380 g/mol. The van der Waals surface area contributed by atoms with Gasteiger partial charge in [0, 0.05) is 32.6 Å². The summed E-state index contributed by atoms with van der Waals surface area (Å²) in [5.74, 6) is -1.37. The Kier molecular flexibility index (Phi) is 6.00. The van der Waals surface area contributed by atoms with E-state index in [-0.39, 0.29) is 24.6 Å². The molecule has 0 spiro atoms. The number of carbonyl (C=O) groups excluding carboxylic acids is 1. The summed E-state index contributed by atoms with van der Waals surface area (Å²) >= 11 is 0. The number of carboxylic acids is 1. The van der Waals surface area contributed by atoms with Gasteiger partial charge in [0.15, 0.2) is 6.04 Å². The third kappa shape index (κ3) is 4.60. The molecule has 1 N–H and O–H groups in total. The maximum absolute atomic E-state index is 12.8. The number of para-hydroxylation sites is 1. The number of benzene rings is 1. The van der Waals surface area contributed by atoms with Crippen molar-refractivity contribution in [3.05, 3.63) is 30.3 Å². The number of anilines is 1. The molecule has 7 nitrogen and oxygen atoms in total. The lowest BCUT2D eigenvalue weighted by Crippen LogP contribution is -2.40. The van der Waals surface area contributed by atoms with Crippen LogP contribution in [0.5, 0.6) is 0 Å². The summed E-state index contributed by atoms with van der Waals surface area (Å²) in [7, 11) is 0. The molecule has 9 heteroatoms. The summed E-state index contributed by atoms with van der Waals surface area (Å²) in [6.07, 6.45) is -1.79. The minimum absolute atomic E-state index is 0.0142. The van der Waals surface area contributed by atoms with Gasteiger partial charge < -0.3 is 10.0 Å². The summed E-state index contributed by atoms with van der Waals surface area (Å²) in [4.78, 5) is 27.7. The van der Waals surface area contributed by atoms with Crippen LogP contribution in [0, 0.1) is 0 Å². The van der Waals surface area contributed by atoms with Gasteiger partial charge in [0.2, 0.25) is 0 Å². The molecule has 3 rings (SSSR count). The van der Waals surface area contributed by atoms with Crippen LogP contribution in [0.3, 0.4) is 0 Å². The van der Waals surface area contributed by atoms with Crippen LogP contribution in [0.15, 0.2) is 35.4 Å². The van der Waals surface area contributed by atoms with Crippen molar-refractivity contribution in [2.24, 2.45) is 5.10 Å².